The molecule has 266 valence electrons. The fourth-order valence-corrected chi connectivity index (χ4v) is 9.05. The van der Waals surface area contributed by atoms with E-state index in [4.69, 9.17) is 30.8 Å². The molecule has 0 spiro atoms. The first-order valence-corrected chi connectivity index (χ1v) is 18.6. The molecular weight excluding hydrogens is 671 g/mol. The number of alkyl halides is 1. The third-order valence-electron chi connectivity index (χ3n) is 11.7. The Labute approximate surface area is 301 Å². The lowest BCUT2D eigenvalue weighted by Gasteiger charge is -2.34. The van der Waals surface area contributed by atoms with Crippen LogP contribution in [0, 0.1) is 0 Å². The number of carbonyl (C=O) groups is 1. The fourth-order valence-electron chi connectivity index (χ4n) is 8.76. The molecule has 1 N–H and O–H groups in total. The Hall–Kier alpha value is -4.13. The largest absolute Gasteiger partial charge is 0.461 e. The van der Waals surface area contributed by atoms with Crippen LogP contribution in [0.4, 0.5) is 10.2 Å². The van der Waals surface area contributed by atoms with Crippen molar-refractivity contribution in [2.45, 2.75) is 81.2 Å². The summed E-state index contributed by atoms with van der Waals surface area (Å²) in [6, 6.07) is 12.9. The molecule has 4 aliphatic heterocycles. The van der Waals surface area contributed by atoms with Crippen molar-refractivity contribution in [3.05, 3.63) is 76.0 Å². The van der Waals surface area contributed by atoms with Crippen molar-refractivity contribution in [2.24, 2.45) is 0 Å². The Balaban J connectivity index is 0.962. The van der Waals surface area contributed by atoms with E-state index in [9.17, 15) is 9.18 Å². The van der Waals surface area contributed by atoms with E-state index in [-0.39, 0.29) is 35.3 Å². The van der Waals surface area contributed by atoms with Gasteiger partial charge in [-0.05, 0) is 68.6 Å². The average molecular weight is 713 g/mol. The first kappa shape index (κ1) is 32.8. The van der Waals surface area contributed by atoms with Crippen molar-refractivity contribution in [2.75, 3.05) is 44.7 Å². The quantitative estimate of drug-likeness (QED) is 0.219. The van der Waals surface area contributed by atoms with E-state index in [1.165, 1.54) is 25.0 Å². The number of benzene rings is 2. The van der Waals surface area contributed by atoms with E-state index in [1.807, 2.05) is 17.0 Å². The van der Waals surface area contributed by atoms with Crippen LogP contribution in [0.1, 0.15) is 79.0 Å². The van der Waals surface area contributed by atoms with Gasteiger partial charge in [-0.2, -0.15) is 15.0 Å². The van der Waals surface area contributed by atoms with E-state index in [1.54, 1.807) is 0 Å². The van der Waals surface area contributed by atoms with E-state index in [0.717, 1.165) is 70.8 Å². The van der Waals surface area contributed by atoms with Gasteiger partial charge in [0.2, 0.25) is 5.91 Å². The molecule has 51 heavy (non-hydrogen) atoms. The van der Waals surface area contributed by atoms with Gasteiger partial charge in [-0.25, -0.2) is 4.39 Å². The monoisotopic (exact) mass is 712 g/mol. The second-order valence-corrected chi connectivity index (χ2v) is 15.2. The number of nitrogens with zero attached hydrogens (tertiary/aromatic N) is 7. The van der Waals surface area contributed by atoms with Crippen LogP contribution in [-0.2, 0) is 17.8 Å². The molecule has 2 aromatic heterocycles. The summed E-state index contributed by atoms with van der Waals surface area (Å²) in [5.74, 6) is 0.976. The summed E-state index contributed by atoms with van der Waals surface area (Å²) in [4.78, 5) is 34.2. The van der Waals surface area contributed by atoms with Crippen LogP contribution in [0.2, 0.25) is 5.02 Å². The number of halogens is 2. The number of hydrogen-bond donors (Lipinski definition) is 1. The molecule has 6 heterocycles. The number of hydrogen-bond acceptors (Lipinski definition) is 10. The smallest absolute Gasteiger partial charge is 0.318 e. The standard InChI is InChI=1S/C38H42ClFN8O3/c1-46(24-12-17-47(21-24)33(49)11-10-32-43-35(45-51-32)26-18-29(26)40)36-27-20-41-30(25-8-2-6-23-7-3-9-28(39)34(23)25)19-31(27)42-37(44-36)50-22-38-13-4-15-48(38)16-5-14-38/h2-3,6-11,24,26,29-30,41H,4-5,12-22H2,1H3/b11-10+/t24-,26+,29+,30?/m1/s1. The topological polar surface area (TPSA) is 113 Å². The average Bonchev–Trinajstić information content (AvgIpc) is 3.67. The van der Waals surface area contributed by atoms with Crippen molar-refractivity contribution in [1.82, 2.24) is 35.2 Å². The summed E-state index contributed by atoms with van der Waals surface area (Å²) >= 11 is 6.76. The Morgan fingerprint density at radius 3 is 2.76 bits per heavy atom. The van der Waals surface area contributed by atoms with Crippen LogP contribution in [0.3, 0.4) is 0 Å². The molecule has 4 fully saturated rings. The summed E-state index contributed by atoms with van der Waals surface area (Å²) < 4.78 is 25.2. The van der Waals surface area contributed by atoms with E-state index in [0.29, 0.717) is 50.9 Å². The first-order chi connectivity index (χ1) is 24.8. The number of ether oxygens (including phenoxy) is 1. The summed E-state index contributed by atoms with van der Waals surface area (Å²) in [7, 11) is 2.06. The molecule has 3 saturated heterocycles. The van der Waals surface area contributed by atoms with Crippen molar-refractivity contribution >= 4 is 40.2 Å². The number of likely N-dealkylation sites (tertiary alicyclic amines) is 1. The van der Waals surface area contributed by atoms with Crippen LogP contribution in [-0.4, -0.2) is 93.4 Å². The third-order valence-corrected chi connectivity index (χ3v) is 12.1. The number of likely N-dealkylation sites (N-methyl/N-ethyl adjacent to an activating group) is 1. The number of nitrogens with one attached hydrogen (secondary N) is 1. The first-order valence-electron chi connectivity index (χ1n) is 18.2. The number of anilines is 1. The minimum absolute atomic E-state index is 0.0183. The molecular formula is C38H42ClFN8O3. The fraction of sp³-hybridized carbons (Fsp3) is 0.500. The number of rotatable bonds is 9. The molecule has 1 unspecified atom stereocenters. The van der Waals surface area contributed by atoms with Crippen LogP contribution < -0.4 is 15.0 Å². The van der Waals surface area contributed by atoms with Gasteiger partial charge < -0.3 is 24.4 Å². The molecule has 5 aliphatic rings. The second kappa shape index (κ2) is 13.1. The number of fused-ring (bicyclic) bond motifs is 3. The summed E-state index contributed by atoms with van der Waals surface area (Å²) in [6.45, 7) is 4.59. The highest BCUT2D eigenvalue weighted by Crippen LogP contribution is 2.42. The van der Waals surface area contributed by atoms with Crippen molar-refractivity contribution < 1.29 is 18.4 Å². The molecule has 4 atom stereocenters. The maximum absolute atomic E-state index is 13.4. The van der Waals surface area contributed by atoms with Gasteiger partial charge in [-0.3, -0.25) is 9.69 Å². The third kappa shape index (κ3) is 6.14. The Bertz CT molecular complexity index is 1990. The predicted octanol–water partition coefficient (Wildman–Crippen LogP) is 5.64. The lowest BCUT2D eigenvalue weighted by Crippen LogP contribution is -2.43. The van der Waals surface area contributed by atoms with E-state index < -0.39 is 6.17 Å². The van der Waals surface area contributed by atoms with Crippen LogP contribution >= 0.6 is 11.6 Å². The highest BCUT2D eigenvalue weighted by atomic mass is 35.5. The van der Waals surface area contributed by atoms with Gasteiger partial charge in [0.25, 0.3) is 5.89 Å². The maximum atomic E-state index is 13.4. The Morgan fingerprint density at radius 2 is 1.96 bits per heavy atom. The van der Waals surface area contributed by atoms with Crippen molar-refractivity contribution in [3.8, 4) is 6.01 Å². The predicted molar refractivity (Wildman–Crippen MR) is 192 cm³/mol. The van der Waals surface area contributed by atoms with Gasteiger partial charge in [0.05, 0.1) is 17.2 Å². The molecule has 1 aliphatic carbocycles. The van der Waals surface area contributed by atoms with Gasteiger partial charge in [0.1, 0.15) is 18.6 Å². The zero-order valence-electron chi connectivity index (χ0n) is 28.7. The number of amides is 1. The summed E-state index contributed by atoms with van der Waals surface area (Å²) in [5.41, 5.74) is 3.25. The zero-order chi connectivity index (χ0) is 34.7. The molecule has 9 rings (SSSR count). The van der Waals surface area contributed by atoms with Gasteiger partial charge >= 0.3 is 6.01 Å². The van der Waals surface area contributed by atoms with Crippen molar-refractivity contribution in [1.29, 1.82) is 0 Å². The number of carbonyl (C=O) groups excluding carboxylic acids is 1. The minimum atomic E-state index is -0.909. The molecule has 0 radical (unpaired) electrons. The highest BCUT2D eigenvalue weighted by molar-refractivity contribution is 6.35. The lowest BCUT2D eigenvalue weighted by atomic mass is 9.91. The minimum Gasteiger partial charge on any atom is -0.461 e. The Morgan fingerprint density at radius 1 is 1.16 bits per heavy atom. The van der Waals surface area contributed by atoms with Crippen LogP contribution in [0.5, 0.6) is 6.01 Å². The lowest BCUT2D eigenvalue weighted by molar-refractivity contribution is -0.124. The summed E-state index contributed by atoms with van der Waals surface area (Å²) in [5, 5.41) is 10.5. The molecule has 1 amide bonds. The van der Waals surface area contributed by atoms with Gasteiger partial charge in [0.15, 0.2) is 5.82 Å². The SMILES string of the molecule is CN(c1nc(OCC23CCCN2CCC3)nc2c1CNC(c1cccc3cccc(Cl)c13)C2)[C@@H]1CCN(C(=O)/C=C/c2nc([C@H]3C[C@@H]3F)no2)C1. The van der Waals surface area contributed by atoms with Crippen molar-refractivity contribution in [3.63, 3.8) is 0 Å². The second-order valence-electron chi connectivity index (χ2n) is 14.8. The van der Waals surface area contributed by atoms with E-state index in [2.05, 4.69) is 56.6 Å². The normalized spacial score (nSPS) is 25.4. The van der Waals surface area contributed by atoms with Gasteiger partial charge in [-0.1, -0.05) is 47.1 Å². The van der Waals surface area contributed by atoms with Gasteiger partial charge in [0, 0.05) is 73.3 Å². The molecule has 1 saturated carbocycles. The molecule has 11 nitrogen and oxygen atoms in total. The zero-order valence-corrected chi connectivity index (χ0v) is 29.5. The molecule has 0 bridgehead atoms. The molecule has 2 aromatic carbocycles. The van der Waals surface area contributed by atoms with Crippen LogP contribution in [0.25, 0.3) is 16.8 Å². The summed E-state index contributed by atoms with van der Waals surface area (Å²) in [6.07, 6.45) is 8.62. The maximum Gasteiger partial charge on any atom is 0.318 e. The van der Waals surface area contributed by atoms with E-state index >= 15 is 0 Å². The molecule has 13 heteroatoms. The van der Waals surface area contributed by atoms with Gasteiger partial charge in [-0.15, -0.1) is 0 Å². The van der Waals surface area contributed by atoms with Crippen LogP contribution in [0.15, 0.2) is 47.0 Å². The Kier molecular flexibility index (Phi) is 8.43. The highest BCUT2D eigenvalue weighted by Gasteiger charge is 2.45. The molecule has 4 aromatic rings. The number of aromatic nitrogens is 4.